The molecule has 1 aromatic heterocycles. The van der Waals surface area contributed by atoms with Crippen LogP contribution in [0.15, 0.2) is 39.5 Å². The number of hydrogen-bond donors (Lipinski definition) is 1. The van der Waals surface area contributed by atoms with Crippen molar-refractivity contribution in [3.05, 3.63) is 50.6 Å². The number of nitrogens with zero attached hydrogens (tertiary/aromatic N) is 1. The number of carbonyl (C=O) groups is 1. The van der Waals surface area contributed by atoms with Crippen molar-refractivity contribution < 1.29 is 4.79 Å². The van der Waals surface area contributed by atoms with Crippen LogP contribution in [-0.2, 0) is 0 Å². The first-order valence-corrected chi connectivity index (χ1v) is 8.28. The van der Waals surface area contributed by atoms with Gasteiger partial charge in [0.15, 0.2) is 0 Å². The number of halogens is 1. The van der Waals surface area contributed by atoms with Crippen LogP contribution in [0.2, 0.25) is 0 Å². The number of likely N-dealkylation sites (tertiary alicyclic amines) is 1. The topological polar surface area (TPSA) is 46.3 Å². The third-order valence-corrected chi connectivity index (χ3v) is 4.88. The van der Waals surface area contributed by atoms with Crippen molar-refractivity contribution in [3.63, 3.8) is 0 Å². The Labute approximate surface area is 130 Å². The number of nitrogen functional groups attached to an aromatic ring is 1. The van der Waals surface area contributed by atoms with Crippen LogP contribution in [0.1, 0.15) is 34.8 Å². The van der Waals surface area contributed by atoms with Gasteiger partial charge in [0, 0.05) is 16.7 Å². The first-order chi connectivity index (χ1) is 9.66. The van der Waals surface area contributed by atoms with Crippen LogP contribution >= 0.6 is 27.3 Å². The van der Waals surface area contributed by atoms with Crippen LogP contribution in [0.3, 0.4) is 0 Å². The molecule has 1 amide bonds. The predicted octanol–water partition coefficient (Wildman–Crippen LogP) is 4.07. The van der Waals surface area contributed by atoms with E-state index in [9.17, 15) is 4.79 Å². The predicted molar refractivity (Wildman–Crippen MR) is 85.9 cm³/mol. The fraction of sp³-hybridized carbons (Fsp3) is 0.267. The van der Waals surface area contributed by atoms with E-state index in [1.807, 2.05) is 11.0 Å². The average molecular weight is 351 g/mol. The van der Waals surface area contributed by atoms with Crippen molar-refractivity contribution >= 4 is 38.9 Å². The van der Waals surface area contributed by atoms with Gasteiger partial charge in [-0.3, -0.25) is 4.79 Å². The second-order valence-corrected chi connectivity index (χ2v) is 6.64. The summed E-state index contributed by atoms with van der Waals surface area (Å²) in [6, 6.07) is 7.72. The van der Waals surface area contributed by atoms with Crippen molar-refractivity contribution in [3.8, 4) is 0 Å². The molecular weight excluding hydrogens is 336 g/mol. The van der Waals surface area contributed by atoms with E-state index in [-0.39, 0.29) is 11.9 Å². The summed E-state index contributed by atoms with van der Waals surface area (Å²) < 4.78 is 0.876. The molecule has 1 aliphatic heterocycles. The van der Waals surface area contributed by atoms with Gasteiger partial charge in [0.1, 0.15) is 0 Å². The molecule has 1 saturated heterocycles. The molecule has 0 aliphatic carbocycles. The maximum atomic E-state index is 12.8. The Hall–Kier alpha value is -1.33. The van der Waals surface area contributed by atoms with Gasteiger partial charge in [-0.2, -0.15) is 11.3 Å². The molecule has 0 radical (unpaired) electrons. The molecule has 3 nitrogen and oxygen atoms in total. The zero-order valence-corrected chi connectivity index (χ0v) is 13.3. The molecule has 1 aliphatic rings. The Morgan fingerprint density at radius 1 is 1.40 bits per heavy atom. The summed E-state index contributed by atoms with van der Waals surface area (Å²) in [6.45, 7) is 0.797. The maximum absolute atomic E-state index is 12.8. The van der Waals surface area contributed by atoms with E-state index < -0.39 is 0 Å². The van der Waals surface area contributed by atoms with Crippen LogP contribution in [0.5, 0.6) is 0 Å². The number of thiophene rings is 1. The number of nitrogens with two attached hydrogens (primary N) is 1. The standard InChI is InChI=1S/C15H15BrN2OS/c16-11-3-4-13(17)12(8-11)15(19)18-6-1-2-14(18)10-5-7-20-9-10/h3-5,7-9,14H,1-2,6,17H2. The molecule has 1 aromatic carbocycles. The number of anilines is 1. The first-order valence-electron chi connectivity index (χ1n) is 6.55. The number of carbonyl (C=O) groups excluding carboxylic acids is 1. The molecule has 104 valence electrons. The third-order valence-electron chi connectivity index (χ3n) is 3.69. The van der Waals surface area contributed by atoms with E-state index in [4.69, 9.17) is 5.73 Å². The fourth-order valence-electron chi connectivity index (χ4n) is 2.69. The second kappa shape index (κ2) is 5.58. The lowest BCUT2D eigenvalue weighted by Gasteiger charge is -2.25. The van der Waals surface area contributed by atoms with Gasteiger partial charge in [-0.05, 0) is 53.4 Å². The van der Waals surface area contributed by atoms with E-state index in [1.54, 1.807) is 23.5 Å². The van der Waals surface area contributed by atoms with Crippen molar-refractivity contribution in [1.29, 1.82) is 0 Å². The summed E-state index contributed by atoms with van der Waals surface area (Å²) in [4.78, 5) is 14.7. The highest BCUT2D eigenvalue weighted by atomic mass is 79.9. The minimum atomic E-state index is 0.0255. The van der Waals surface area contributed by atoms with E-state index in [1.165, 1.54) is 5.56 Å². The molecule has 2 aromatic rings. The second-order valence-electron chi connectivity index (χ2n) is 4.94. The molecule has 1 unspecified atom stereocenters. The molecule has 20 heavy (non-hydrogen) atoms. The van der Waals surface area contributed by atoms with Gasteiger partial charge < -0.3 is 10.6 Å². The Balaban J connectivity index is 1.91. The summed E-state index contributed by atoms with van der Waals surface area (Å²) >= 11 is 5.07. The van der Waals surface area contributed by atoms with Crippen LogP contribution in [0.25, 0.3) is 0 Å². The van der Waals surface area contributed by atoms with Gasteiger partial charge in [0.05, 0.1) is 11.6 Å². The van der Waals surface area contributed by atoms with Gasteiger partial charge in [0.25, 0.3) is 5.91 Å². The molecule has 0 spiro atoms. The summed E-state index contributed by atoms with van der Waals surface area (Å²) in [5.74, 6) is 0.0255. The zero-order valence-electron chi connectivity index (χ0n) is 10.9. The molecule has 5 heteroatoms. The SMILES string of the molecule is Nc1ccc(Br)cc1C(=O)N1CCCC1c1ccsc1. The van der Waals surface area contributed by atoms with Crippen LogP contribution in [0, 0.1) is 0 Å². The third kappa shape index (κ3) is 2.47. The molecule has 1 fully saturated rings. The van der Waals surface area contributed by atoms with Crippen molar-refractivity contribution in [2.24, 2.45) is 0 Å². The smallest absolute Gasteiger partial charge is 0.256 e. The van der Waals surface area contributed by atoms with Gasteiger partial charge in [-0.1, -0.05) is 15.9 Å². The summed E-state index contributed by atoms with van der Waals surface area (Å²) in [5.41, 5.74) is 8.31. The summed E-state index contributed by atoms with van der Waals surface area (Å²) in [5, 5.41) is 4.18. The Morgan fingerprint density at radius 2 is 2.25 bits per heavy atom. The van der Waals surface area contributed by atoms with Gasteiger partial charge in [-0.25, -0.2) is 0 Å². The van der Waals surface area contributed by atoms with E-state index in [0.29, 0.717) is 11.3 Å². The molecule has 0 saturated carbocycles. The molecule has 0 bridgehead atoms. The van der Waals surface area contributed by atoms with E-state index >= 15 is 0 Å². The Kier molecular flexibility index (Phi) is 3.81. The van der Waals surface area contributed by atoms with Crippen molar-refractivity contribution in [1.82, 2.24) is 4.90 Å². The van der Waals surface area contributed by atoms with Gasteiger partial charge in [-0.15, -0.1) is 0 Å². The maximum Gasteiger partial charge on any atom is 0.256 e. The monoisotopic (exact) mass is 350 g/mol. The number of rotatable bonds is 2. The van der Waals surface area contributed by atoms with E-state index in [0.717, 1.165) is 23.9 Å². The summed E-state index contributed by atoms with van der Waals surface area (Å²) in [7, 11) is 0. The molecule has 1 atom stereocenters. The van der Waals surface area contributed by atoms with Crippen LogP contribution < -0.4 is 5.73 Å². The normalized spacial score (nSPS) is 18.4. The summed E-state index contributed by atoms with van der Waals surface area (Å²) in [6.07, 6.45) is 2.07. The highest BCUT2D eigenvalue weighted by Crippen LogP contribution is 2.35. The first kappa shape index (κ1) is 13.6. The molecule has 3 rings (SSSR count). The van der Waals surface area contributed by atoms with Crippen molar-refractivity contribution in [2.45, 2.75) is 18.9 Å². The lowest BCUT2D eigenvalue weighted by Crippen LogP contribution is -2.31. The molecular formula is C15H15BrN2OS. The number of benzene rings is 1. The highest BCUT2D eigenvalue weighted by Gasteiger charge is 2.31. The molecule has 2 N–H and O–H groups in total. The van der Waals surface area contributed by atoms with Crippen LogP contribution in [-0.4, -0.2) is 17.4 Å². The van der Waals surface area contributed by atoms with Gasteiger partial charge in [0.2, 0.25) is 0 Å². The van der Waals surface area contributed by atoms with E-state index in [2.05, 4.69) is 32.8 Å². The van der Waals surface area contributed by atoms with Crippen molar-refractivity contribution in [2.75, 3.05) is 12.3 Å². The van der Waals surface area contributed by atoms with Crippen LogP contribution in [0.4, 0.5) is 5.69 Å². The average Bonchev–Trinajstić information content (AvgIpc) is 3.10. The largest absolute Gasteiger partial charge is 0.398 e. The number of hydrogen-bond acceptors (Lipinski definition) is 3. The lowest BCUT2D eigenvalue weighted by molar-refractivity contribution is 0.0737. The Morgan fingerprint density at radius 3 is 3.00 bits per heavy atom. The highest BCUT2D eigenvalue weighted by molar-refractivity contribution is 9.10. The zero-order chi connectivity index (χ0) is 14.1. The van der Waals surface area contributed by atoms with Gasteiger partial charge >= 0.3 is 0 Å². The lowest BCUT2D eigenvalue weighted by atomic mass is 10.1. The minimum Gasteiger partial charge on any atom is -0.398 e. The number of amides is 1. The Bertz CT molecular complexity index is 627. The minimum absolute atomic E-state index is 0.0255. The molecule has 2 heterocycles. The quantitative estimate of drug-likeness (QED) is 0.829. The fourth-order valence-corrected chi connectivity index (χ4v) is 3.76.